The van der Waals surface area contributed by atoms with E-state index < -0.39 is 0 Å². The van der Waals surface area contributed by atoms with Gasteiger partial charge in [0.2, 0.25) is 0 Å². The molecule has 26 heavy (non-hydrogen) atoms. The Morgan fingerprint density at radius 2 is 1.77 bits per heavy atom. The maximum absolute atomic E-state index is 12.2. The fourth-order valence-electron chi connectivity index (χ4n) is 2.51. The van der Waals surface area contributed by atoms with E-state index in [-0.39, 0.29) is 11.4 Å². The molecule has 0 saturated carbocycles. The Labute approximate surface area is 159 Å². The first-order valence-electron chi connectivity index (χ1n) is 8.30. The molecule has 2 aromatic rings. The van der Waals surface area contributed by atoms with Gasteiger partial charge in [-0.1, -0.05) is 37.6 Å². The molecule has 0 bridgehead atoms. The molecule has 0 saturated heterocycles. The lowest BCUT2D eigenvalue weighted by Gasteiger charge is -2.26. The number of carbonyl (C=O) groups is 1. The molecule has 140 valence electrons. The molecule has 0 aliphatic heterocycles. The Balaban J connectivity index is 2.02. The van der Waals surface area contributed by atoms with Gasteiger partial charge in [-0.05, 0) is 42.3 Å². The molecule has 0 heterocycles. The summed E-state index contributed by atoms with van der Waals surface area (Å²) >= 11 is 6.09. The number of rotatable bonds is 6. The molecule has 2 rings (SSSR count). The number of nitrogens with one attached hydrogen (secondary N) is 2. The Morgan fingerprint density at radius 3 is 2.38 bits per heavy atom. The topological polar surface area (TPSA) is 59.6 Å². The number of hydrogen-bond donors (Lipinski definition) is 2. The predicted molar refractivity (Wildman–Crippen MR) is 106 cm³/mol. The number of halogens is 1. The highest BCUT2D eigenvalue weighted by molar-refractivity contribution is 6.31. The van der Waals surface area contributed by atoms with Crippen LogP contribution < -0.4 is 20.1 Å². The Kier molecular flexibility index (Phi) is 6.37. The minimum Gasteiger partial charge on any atom is -0.493 e. The van der Waals surface area contributed by atoms with E-state index in [0.717, 1.165) is 11.1 Å². The van der Waals surface area contributed by atoms with Gasteiger partial charge in [0, 0.05) is 22.7 Å². The van der Waals surface area contributed by atoms with Crippen LogP contribution in [-0.2, 0) is 5.41 Å². The molecule has 2 aromatic carbocycles. The fraction of sp³-hybridized carbons (Fsp3) is 0.350. The number of ether oxygens (including phenoxy) is 2. The van der Waals surface area contributed by atoms with Gasteiger partial charge in [-0.3, -0.25) is 0 Å². The molecule has 0 radical (unpaired) electrons. The summed E-state index contributed by atoms with van der Waals surface area (Å²) in [5.41, 5.74) is 2.37. The summed E-state index contributed by atoms with van der Waals surface area (Å²) in [7, 11) is 3.21. The van der Waals surface area contributed by atoms with E-state index in [1.807, 2.05) is 37.3 Å². The highest BCUT2D eigenvalue weighted by Crippen LogP contribution is 2.32. The summed E-state index contributed by atoms with van der Waals surface area (Å²) in [4.78, 5) is 12.2. The lowest BCUT2D eigenvalue weighted by Crippen LogP contribution is -2.39. The molecular formula is C20H25ClN2O3. The fourth-order valence-corrected chi connectivity index (χ4v) is 2.69. The summed E-state index contributed by atoms with van der Waals surface area (Å²) in [6, 6.07) is 10.9. The average Bonchev–Trinajstić information content (AvgIpc) is 2.62. The van der Waals surface area contributed by atoms with Gasteiger partial charge in [0.15, 0.2) is 11.5 Å². The van der Waals surface area contributed by atoms with Gasteiger partial charge in [0.25, 0.3) is 0 Å². The number of hydrogen-bond acceptors (Lipinski definition) is 3. The molecule has 0 aliphatic carbocycles. The number of aryl methyl sites for hydroxylation is 1. The van der Waals surface area contributed by atoms with Crippen LogP contribution >= 0.6 is 11.6 Å². The first kappa shape index (κ1) is 19.9. The normalized spacial score (nSPS) is 11.0. The van der Waals surface area contributed by atoms with Crippen molar-refractivity contribution < 1.29 is 14.3 Å². The van der Waals surface area contributed by atoms with Crippen LogP contribution in [0.5, 0.6) is 11.5 Å². The van der Waals surface area contributed by atoms with E-state index in [2.05, 4.69) is 24.5 Å². The first-order valence-corrected chi connectivity index (χ1v) is 8.68. The molecule has 2 amide bonds. The maximum Gasteiger partial charge on any atom is 0.319 e. The Morgan fingerprint density at radius 1 is 1.08 bits per heavy atom. The molecule has 6 heteroatoms. The van der Waals surface area contributed by atoms with Crippen molar-refractivity contribution in [3.63, 3.8) is 0 Å². The average molecular weight is 377 g/mol. The molecule has 0 aliphatic rings. The second-order valence-corrected chi connectivity index (χ2v) is 7.13. The minimum absolute atomic E-state index is 0.279. The van der Waals surface area contributed by atoms with E-state index >= 15 is 0 Å². The second-order valence-electron chi connectivity index (χ2n) is 6.73. The van der Waals surface area contributed by atoms with Crippen LogP contribution in [-0.4, -0.2) is 26.8 Å². The van der Waals surface area contributed by atoms with Crippen molar-refractivity contribution >= 4 is 23.3 Å². The van der Waals surface area contributed by atoms with Crippen molar-refractivity contribution in [1.82, 2.24) is 5.32 Å². The minimum atomic E-state index is -0.290. The van der Waals surface area contributed by atoms with Crippen molar-refractivity contribution in [3.8, 4) is 11.5 Å². The molecular weight excluding hydrogens is 352 g/mol. The van der Waals surface area contributed by atoms with Crippen LogP contribution in [0.1, 0.15) is 25.0 Å². The first-order chi connectivity index (χ1) is 12.3. The van der Waals surface area contributed by atoms with Gasteiger partial charge in [-0.25, -0.2) is 4.79 Å². The zero-order valence-electron chi connectivity index (χ0n) is 15.8. The van der Waals surface area contributed by atoms with E-state index in [1.54, 1.807) is 20.3 Å². The lowest BCUT2D eigenvalue weighted by atomic mass is 9.84. The molecule has 0 aromatic heterocycles. The number of carbonyl (C=O) groups excluding carboxylic acids is 1. The molecule has 0 spiro atoms. The largest absolute Gasteiger partial charge is 0.493 e. The SMILES string of the molecule is COc1ccc(C(C)(C)CNC(=O)Nc2ccc(C)c(Cl)c2)cc1OC. The standard InChI is InChI=1S/C20H25ClN2O3/c1-13-6-8-15(11-16(13)21)23-19(24)22-12-20(2,3)14-7-9-17(25-4)18(10-14)26-5/h6-11H,12H2,1-5H3,(H2,22,23,24). The highest BCUT2D eigenvalue weighted by atomic mass is 35.5. The van der Waals surface area contributed by atoms with Crippen LogP contribution in [0.4, 0.5) is 10.5 Å². The second kappa shape index (κ2) is 8.32. The molecule has 5 nitrogen and oxygen atoms in total. The van der Waals surface area contributed by atoms with E-state index in [9.17, 15) is 4.79 Å². The summed E-state index contributed by atoms with van der Waals surface area (Å²) < 4.78 is 10.6. The van der Waals surface area contributed by atoms with Crippen molar-refractivity contribution in [3.05, 3.63) is 52.5 Å². The van der Waals surface area contributed by atoms with Crippen molar-refractivity contribution in [2.75, 3.05) is 26.1 Å². The molecule has 0 fully saturated rings. The molecule has 0 atom stereocenters. The van der Waals surface area contributed by atoms with Crippen molar-refractivity contribution in [1.29, 1.82) is 0 Å². The van der Waals surface area contributed by atoms with E-state index in [0.29, 0.717) is 28.8 Å². The summed E-state index contributed by atoms with van der Waals surface area (Å²) in [6.07, 6.45) is 0. The third-order valence-electron chi connectivity index (χ3n) is 4.29. The third kappa shape index (κ3) is 4.82. The monoisotopic (exact) mass is 376 g/mol. The number of anilines is 1. The van der Waals surface area contributed by atoms with Crippen LogP contribution in [0.15, 0.2) is 36.4 Å². The Bertz CT molecular complexity index is 791. The van der Waals surface area contributed by atoms with Gasteiger partial charge in [0.1, 0.15) is 0 Å². The van der Waals surface area contributed by atoms with Gasteiger partial charge in [0.05, 0.1) is 14.2 Å². The van der Waals surface area contributed by atoms with Crippen molar-refractivity contribution in [2.24, 2.45) is 0 Å². The molecule has 0 unspecified atom stereocenters. The number of methoxy groups -OCH3 is 2. The van der Waals surface area contributed by atoms with Crippen molar-refractivity contribution in [2.45, 2.75) is 26.2 Å². The maximum atomic E-state index is 12.2. The van der Waals surface area contributed by atoms with Crippen LogP contribution in [0, 0.1) is 6.92 Å². The predicted octanol–water partition coefficient (Wildman–Crippen LogP) is 4.76. The number of benzene rings is 2. The zero-order valence-corrected chi connectivity index (χ0v) is 16.5. The van der Waals surface area contributed by atoms with Gasteiger partial charge in [-0.2, -0.15) is 0 Å². The zero-order chi connectivity index (χ0) is 19.3. The number of urea groups is 1. The molecule has 2 N–H and O–H groups in total. The number of amides is 2. The van der Waals surface area contributed by atoms with Gasteiger partial charge in [-0.15, -0.1) is 0 Å². The summed E-state index contributed by atoms with van der Waals surface area (Å²) in [6.45, 7) is 6.47. The summed E-state index contributed by atoms with van der Waals surface area (Å²) in [5.74, 6) is 1.34. The highest BCUT2D eigenvalue weighted by Gasteiger charge is 2.23. The van der Waals surface area contributed by atoms with E-state index in [1.165, 1.54) is 0 Å². The Hall–Kier alpha value is -2.40. The summed E-state index contributed by atoms with van der Waals surface area (Å²) in [5, 5.41) is 6.32. The van der Waals surface area contributed by atoms with Gasteiger partial charge >= 0.3 is 6.03 Å². The van der Waals surface area contributed by atoms with Gasteiger partial charge < -0.3 is 20.1 Å². The van der Waals surface area contributed by atoms with Crippen LogP contribution in [0.3, 0.4) is 0 Å². The third-order valence-corrected chi connectivity index (χ3v) is 4.69. The van der Waals surface area contributed by atoms with Crippen LogP contribution in [0.25, 0.3) is 0 Å². The quantitative estimate of drug-likeness (QED) is 0.763. The van der Waals surface area contributed by atoms with Crippen LogP contribution in [0.2, 0.25) is 5.02 Å². The lowest BCUT2D eigenvalue weighted by molar-refractivity contribution is 0.249. The van der Waals surface area contributed by atoms with E-state index in [4.69, 9.17) is 21.1 Å². The smallest absolute Gasteiger partial charge is 0.319 e.